The lowest BCUT2D eigenvalue weighted by Gasteiger charge is -2.33. The molecule has 4 nitrogen and oxygen atoms in total. The van der Waals surface area contributed by atoms with Crippen LogP contribution in [-0.2, 0) is 4.79 Å². The van der Waals surface area contributed by atoms with Crippen LogP contribution in [0.1, 0.15) is 19.3 Å². The summed E-state index contributed by atoms with van der Waals surface area (Å²) < 4.78 is 0. The van der Waals surface area contributed by atoms with Crippen LogP contribution in [0.25, 0.3) is 0 Å². The average Bonchev–Trinajstić information content (AvgIpc) is 2.66. The van der Waals surface area contributed by atoms with Crippen molar-refractivity contribution in [2.24, 2.45) is 0 Å². The summed E-state index contributed by atoms with van der Waals surface area (Å²) in [5.74, 6) is 0.141. The van der Waals surface area contributed by atoms with E-state index in [9.17, 15) is 4.79 Å². The van der Waals surface area contributed by atoms with Gasteiger partial charge >= 0.3 is 0 Å². The highest BCUT2D eigenvalue weighted by atomic mass is 32.2. The minimum Gasteiger partial charge on any atom is -0.352 e. The Labute approximate surface area is 153 Å². The third-order valence-corrected chi connectivity index (χ3v) is 5.89. The van der Waals surface area contributed by atoms with E-state index in [1.807, 2.05) is 0 Å². The van der Waals surface area contributed by atoms with Gasteiger partial charge in [0, 0.05) is 35.3 Å². The number of amides is 1. The predicted molar refractivity (Wildman–Crippen MR) is 103 cm³/mol. The van der Waals surface area contributed by atoms with E-state index in [0.29, 0.717) is 13.0 Å². The van der Waals surface area contributed by atoms with E-state index >= 15 is 0 Å². The second-order valence-electron chi connectivity index (χ2n) is 6.55. The van der Waals surface area contributed by atoms with E-state index < -0.39 is 0 Å². The summed E-state index contributed by atoms with van der Waals surface area (Å²) >= 11 is 1.80. The minimum absolute atomic E-state index is 0.141. The van der Waals surface area contributed by atoms with Gasteiger partial charge in [0.1, 0.15) is 0 Å². The first-order chi connectivity index (χ1) is 12.3. The molecule has 0 unspecified atom stereocenters. The summed E-state index contributed by atoms with van der Waals surface area (Å²) in [5, 5.41) is 6.52. The minimum atomic E-state index is 0.141. The molecule has 4 rings (SSSR count). The summed E-state index contributed by atoms with van der Waals surface area (Å²) in [5.41, 5.74) is 2.39. The summed E-state index contributed by atoms with van der Waals surface area (Å²) in [6.07, 6.45) is 2.71. The Kier molecular flexibility index (Phi) is 4.95. The number of carbonyl (C=O) groups is 1. The van der Waals surface area contributed by atoms with Gasteiger partial charge in [0.05, 0.1) is 11.4 Å². The van der Waals surface area contributed by atoms with Crippen LogP contribution in [0.15, 0.2) is 58.3 Å². The molecule has 0 radical (unpaired) electrons. The Morgan fingerprint density at radius 2 is 1.80 bits per heavy atom. The normalized spacial score (nSPS) is 19.0. The number of hydrogen-bond acceptors (Lipinski definition) is 4. The van der Waals surface area contributed by atoms with Crippen molar-refractivity contribution in [1.82, 2.24) is 10.6 Å². The maximum absolute atomic E-state index is 12.4. The fourth-order valence-corrected chi connectivity index (χ4v) is 4.61. The summed E-state index contributed by atoms with van der Waals surface area (Å²) in [6, 6.07) is 17.1. The summed E-state index contributed by atoms with van der Waals surface area (Å²) in [6.45, 7) is 2.64. The van der Waals surface area contributed by atoms with Crippen LogP contribution in [-0.4, -0.2) is 31.6 Å². The van der Waals surface area contributed by atoms with Crippen molar-refractivity contribution in [3.8, 4) is 0 Å². The number of rotatable bonds is 4. The molecule has 2 aromatic rings. The standard InChI is InChI=1S/C20H23N3OS/c24-20(22-15-6-5-12-21-14-15)11-13-23-16-7-1-3-9-18(16)25-19-10-4-2-8-17(19)23/h1-4,7-10,15,21H,5-6,11-14H2,(H,22,24)/t15-/m0/s1. The Morgan fingerprint density at radius 3 is 2.44 bits per heavy atom. The molecule has 130 valence electrons. The molecule has 0 aromatic heterocycles. The third kappa shape index (κ3) is 3.67. The Morgan fingerprint density at radius 1 is 1.12 bits per heavy atom. The van der Waals surface area contributed by atoms with Crippen molar-refractivity contribution in [2.75, 3.05) is 24.5 Å². The first kappa shape index (κ1) is 16.5. The molecule has 1 fully saturated rings. The van der Waals surface area contributed by atoms with E-state index in [2.05, 4.69) is 64.1 Å². The molecular formula is C20H23N3OS. The smallest absolute Gasteiger partial charge is 0.222 e. The van der Waals surface area contributed by atoms with Gasteiger partial charge in [0.25, 0.3) is 0 Å². The number of carbonyl (C=O) groups excluding carboxylic acids is 1. The van der Waals surface area contributed by atoms with Crippen LogP contribution in [0.5, 0.6) is 0 Å². The zero-order chi connectivity index (χ0) is 17.1. The van der Waals surface area contributed by atoms with Crippen molar-refractivity contribution >= 4 is 29.0 Å². The topological polar surface area (TPSA) is 44.4 Å². The number of nitrogens with zero attached hydrogens (tertiary/aromatic N) is 1. The van der Waals surface area contributed by atoms with Gasteiger partial charge in [-0.2, -0.15) is 0 Å². The van der Waals surface area contributed by atoms with Gasteiger partial charge in [-0.25, -0.2) is 0 Å². The fourth-order valence-electron chi connectivity index (χ4n) is 3.51. The number of benzene rings is 2. The predicted octanol–water partition coefficient (Wildman–Crippen LogP) is 3.55. The monoisotopic (exact) mass is 353 g/mol. The van der Waals surface area contributed by atoms with Gasteiger partial charge in [-0.3, -0.25) is 4.79 Å². The number of hydrogen-bond donors (Lipinski definition) is 2. The Bertz CT molecular complexity index is 713. The van der Waals surface area contributed by atoms with Crippen LogP contribution >= 0.6 is 11.8 Å². The quantitative estimate of drug-likeness (QED) is 0.882. The maximum atomic E-state index is 12.4. The average molecular weight is 353 g/mol. The molecule has 1 amide bonds. The van der Waals surface area contributed by atoms with Crippen LogP contribution in [0.4, 0.5) is 11.4 Å². The van der Waals surface area contributed by atoms with Crippen LogP contribution in [0.2, 0.25) is 0 Å². The largest absolute Gasteiger partial charge is 0.352 e. The highest BCUT2D eigenvalue weighted by Crippen LogP contribution is 2.47. The van der Waals surface area contributed by atoms with Gasteiger partial charge in [-0.1, -0.05) is 36.0 Å². The Balaban J connectivity index is 1.47. The molecule has 0 aliphatic carbocycles. The van der Waals surface area contributed by atoms with Gasteiger partial charge in [-0.15, -0.1) is 0 Å². The van der Waals surface area contributed by atoms with E-state index in [-0.39, 0.29) is 11.9 Å². The maximum Gasteiger partial charge on any atom is 0.222 e. The highest BCUT2D eigenvalue weighted by molar-refractivity contribution is 7.99. The van der Waals surface area contributed by atoms with E-state index in [4.69, 9.17) is 0 Å². The molecule has 2 aliphatic heterocycles. The highest BCUT2D eigenvalue weighted by Gasteiger charge is 2.23. The lowest BCUT2D eigenvalue weighted by molar-refractivity contribution is -0.121. The molecule has 0 spiro atoms. The van der Waals surface area contributed by atoms with Crippen LogP contribution < -0.4 is 15.5 Å². The lowest BCUT2D eigenvalue weighted by Crippen LogP contribution is -2.46. The molecule has 2 aromatic carbocycles. The summed E-state index contributed by atoms with van der Waals surface area (Å²) in [4.78, 5) is 17.2. The third-order valence-electron chi connectivity index (χ3n) is 4.76. The number of anilines is 2. The summed E-state index contributed by atoms with van der Waals surface area (Å²) in [7, 11) is 0. The van der Waals surface area contributed by atoms with E-state index in [0.717, 1.165) is 25.9 Å². The van der Waals surface area contributed by atoms with Crippen LogP contribution in [0, 0.1) is 0 Å². The van der Waals surface area contributed by atoms with E-state index in [1.165, 1.54) is 21.2 Å². The van der Waals surface area contributed by atoms with Crippen molar-refractivity contribution in [2.45, 2.75) is 35.1 Å². The number of piperidine rings is 1. The SMILES string of the molecule is O=C(CCN1c2ccccc2Sc2ccccc21)N[C@H]1CCCNC1. The van der Waals surface area contributed by atoms with Gasteiger partial charge < -0.3 is 15.5 Å². The molecule has 0 bridgehead atoms. The first-order valence-electron chi connectivity index (χ1n) is 8.95. The van der Waals surface area contributed by atoms with Crippen molar-refractivity contribution in [3.05, 3.63) is 48.5 Å². The van der Waals surface area contributed by atoms with E-state index in [1.54, 1.807) is 11.8 Å². The van der Waals surface area contributed by atoms with Crippen molar-refractivity contribution in [3.63, 3.8) is 0 Å². The zero-order valence-corrected chi connectivity index (χ0v) is 15.0. The lowest BCUT2D eigenvalue weighted by atomic mass is 10.1. The molecule has 1 atom stereocenters. The van der Waals surface area contributed by atoms with Gasteiger partial charge in [0.15, 0.2) is 0 Å². The second kappa shape index (κ2) is 7.50. The van der Waals surface area contributed by atoms with Crippen molar-refractivity contribution in [1.29, 1.82) is 0 Å². The zero-order valence-electron chi connectivity index (χ0n) is 14.2. The molecule has 1 saturated heterocycles. The molecule has 0 saturated carbocycles. The van der Waals surface area contributed by atoms with Gasteiger partial charge in [0.2, 0.25) is 5.91 Å². The first-order valence-corrected chi connectivity index (χ1v) is 9.76. The molecular weight excluding hydrogens is 330 g/mol. The molecule has 2 aliphatic rings. The molecule has 2 N–H and O–H groups in total. The molecule has 25 heavy (non-hydrogen) atoms. The second-order valence-corrected chi connectivity index (χ2v) is 7.63. The van der Waals surface area contributed by atoms with Crippen molar-refractivity contribution < 1.29 is 4.79 Å². The number of nitrogens with one attached hydrogen (secondary N) is 2. The fraction of sp³-hybridized carbons (Fsp3) is 0.350. The molecule has 2 heterocycles. The Hall–Kier alpha value is -1.98. The number of para-hydroxylation sites is 2. The van der Waals surface area contributed by atoms with Gasteiger partial charge in [-0.05, 0) is 43.7 Å². The number of fused-ring (bicyclic) bond motifs is 2. The molecule has 5 heteroatoms. The van der Waals surface area contributed by atoms with Crippen LogP contribution in [0.3, 0.4) is 0 Å².